The number of rotatable bonds is 21. The third kappa shape index (κ3) is 19.8. The van der Waals surface area contributed by atoms with Crippen LogP contribution in [0.2, 0.25) is 0 Å². The predicted molar refractivity (Wildman–Crippen MR) is 161 cm³/mol. The first-order chi connectivity index (χ1) is 21.2. The summed E-state index contributed by atoms with van der Waals surface area (Å²) in [5.74, 6) is 0.844. The third-order valence-corrected chi connectivity index (χ3v) is 6.07. The van der Waals surface area contributed by atoms with E-state index in [-0.39, 0.29) is 71.5 Å². The molecule has 45 heavy (non-hydrogen) atoms. The Labute approximate surface area is 264 Å². The van der Waals surface area contributed by atoms with E-state index in [4.69, 9.17) is 27.2 Å². The summed E-state index contributed by atoms with van der Waals surface area (Å²) >= 11 is 0. The fourth-order valence-corrected chi connectivity index (χ4v) is 3.72. The molecule has 20 heteroatoms. The van der Waals surface area contributed by atoms with Crippen molar-refractivity contribution < 1.29 is 60.6 Å². The number of methoxy groups -OCH3 is 3. The molecule has 0 aliphatic heterocycles. The second-order valence-corrected chi connectivity index (χ2v) is 10.7. The molecule has 0 fully saturated rings. The van der Waals surface area contributed by atoms with Crippen LogP contribution in [0.25, 0.3) is 0 Å². The second kappa shape index (κ2) is 26.0. The van der Waals surface area contributed by atoms with Crippen LogP contribution in [0.5, 0.6) is 0 Å². The Kier molecular flexibility index (Phi) is 25.9. The first-order valence-electron chi connectivity index (χ1n) is 14.4. The van der Waals surface area contributed by atoms with Crippen LogP contribution in [0.1, 0.15) is 40.0 Å². The van der Waals surface area contributed by atoms with Gasteiger partial charge in [0.1, 0.15) is 20.2 Å². The van der Waals surface area contributed by atoms with E-state index in [2.05, 4.69) is 35.7 Å². The van der Waals surface area contributed by atoms with Gasteiger partial charge in [0.25, 0.3) is 0 Å². The molecule has 0 atom stereocenters. The number of anilines is 3. The maximum atomic E-state index is 10.7. The van der Waals surface area contributed by atoms with Crippen LogP contribution in [0, 0.1) is 0 Å². The Morgan fingerprint density at radius 2 is 0.978 bits per heavy atom. The van der Waals surface area contributed by atoms with Crippen molar-refractivity contribution in [1.82, 2.24) is 15.0 Å². The smallest absolute Gasteiger partial charge is 0.485 e. The fraction of sp³-hybridized carbons (Fsp3) is 0.880. The van der Waals surface area contributed by atoms with Gasteiger partial charge in [0.05, 0.1) is 39.5 Å². The normalized spacial score (nSPS) is 11.4. The number of alkyl halides is 3. The molecule has 16 nitrogen and oxygen atoms in total. The zero-order valence-corrected chi connectivity index (χ0v) is 27.9. The summed E-state index contributed by atoms with van der Waals surface area (Å²) in [7, 11) is -1.48. The Morgan fingerprint density at radius 1 is 0.689 bits per heavy atom. The van der Waals surface area contributed by atoms with E-state index in [1.54, 1.807) is 33.8 Å². The maximum Gasteiger partial charge on any atom is 0.485 e. The molecule has 4 N–H and O–H groups in total. The van der Waals surface area contributed by atoms with E-state index in [0.717, 1.165) is 0 Å². The molecule has 0 unspecified atom stereocenters. The van der Waals surface area contributed by atoms with Gasteiger partial charge in [-0.1, -0.05) is 20.8 Å². The van der Waals surface area contributed by atoms with Crippen molar-refractivity contribution in [2.24, 2.45) is 0 Å². The Balaban J connectivity index is 0. The lowest BCUT2D eigenvalue weighted by molar-refractivity contribution is -0.900. The van der Waals surface area contributed by atoms with Gasteiger partial charge in [-0.15, -0.1) is 0 Å². The number of ether oxygens (including phenoxy) is 3. The molecule has 0 bridgehead atoms. The van der Waals surface area contributed by atoms with Gasteiger partial charge in [-0.3, -0.25) is 4.90 Å². The van der Waals surface area contributed by atoms with Gasteiger partial charge >= 0.3 is 5.51 Å². The molecule has 0 saturated heterocycles. The molecule has 1 rings (SSSR count). The standard InChI is InChI=1S/C15H30N6O6.C9H21N.CHF3O3S/c1-25-10-20(6-9-24)14-16-13(19(4-7-22)5-8-23)17-15(18-14)21(11-26-2)12-27-3;1-4-7-10(8-5-2)9-6-3;2-1(3,4)8(5,6)7/h22-24H,4-12H2,1-3H3;4-9H2,1-3H3;(H,5,6,7). The molecule has 0 aliphatic carbocycles. The first kappa shape index (κ1) is 45.0. The monoisotopic (exact) mass is 683 g/mol. The lowest BCUT2D eigenvalue weighted by Crippen LogP contribution is -3.11. The molecule has 1 heterocycles. The molecule has 1 aromatic rings. The topological polar surface area (TPSA) is 198 Å². The fourth-order valence-electron chi connectivity index (χ4n) is 3.72. The molecular weight excluding hydrogens is 631 g/mol. The lowest BCUT2D eigenvalue weighted by atomic mass is 10.3. The predicted octanol–water partition coefficient (Wildman–Crippen LogP) is -0.768. The van der Waals surface area contributed by atoms with Gasteiger partial charge in [-0.05, 0) is 19.3 Å². The number of aliphatic hydroxyl groups excluding tert-OH is 3. The van der Waals surface area contributed by atoms with E-state index in [9.17, 15) is 28.5 Å². The number of aromatic nitrogens is 3. The summed E-state index contributed by atoms with van der Waals surface area (Å²) in [6.45, 7) is 11.8. The zero-order chi connectivity index (χ0) is 34.9. The molecule has 0 radical (unpaired) electrons. The molecule has 268 valence electrons. The molecule has 0 saturated carbocycles. The summed E-state index contributed by atoms with van der Waals surface area (Å²) < 4.78 is 74.4. The third-order valence-electron chi connectivity index (χ3n) is 5.51. The summed E-state index contributed by atoms with van der Waals surface area (Å²) in [6.07, 6.45) is 3.99. The van der Waals surface area contributed by atoms with Crippen LogP contribution in [-0.2, 0) is 24.3 Å². The van der Waals surface area contributed by atoms with Crippen LogP contribution < -0.4 is 19.6 Å². The van der Waals surface area contributed by atoms with Crippen molar-refractivity contribution in [3.05, 3.63) is 0 Å². The summed E-state index contributed by atoms with van der Waals surface area (Å²) in [5.41, 5.74) is -5.65. The number of hydrogen-bond acceptors (Lipinski definition) is 15. The van der Waals surface area contributed by atoms with E-state index in [1.165, 1.54) is 46.0 Å². The molecule has 0 amide bonds. The van der Waals surface area contributed by atoms with E-state index < -0.39 is 15.6 Å². The van der Waals surface area contributed by atoms with Crippen molar-refractivity contribution in [3.8, 4) is 0 Å². The van der Waals surface area contributed by atoms with Gasteiger partial charge in [0, 0.05) is 41.0 Å². The van der Waals surface area contributed by atoms with Crippen LogP contribution in [0.4, 0.5) is 31.0 Å². The van der Waals surface area contributed by atoms with Crippen LogP contribution >= 0.6 is 0 Å². The van der Waals surface area contributed by atoms with Gasteiger partial charge in [0.15, 0.2) is 10.1 Å². The first-order valence-corrected chi connectivity index (χ1v) is 15.8. The average Bonchev–Trinajstić information content (AvgIpc) is 2.97. The van der Waals surface area contributed by atoms with Crippen molar-refractivity contribution in [2.75, 3.05) is 115 Å². The number of nitrogens with one attached hydrogen (secondary N) is 1. The molecule has 1 aromatic heterocycles. The Hall–Kier alpha value is -2.17. The lowest BCUT2D eigenvalue weighted by Gasteiger charge is -2.27. The number of aliphatic hydroxyl groups is 3. The molecule has 0 aromatic carbocycles. The molecular formula is C25H52F3N7O9S. The van der Waals surface area contributed by atoms with Crippen molar-refractivity contribution in [2.45, 2.75) is 45.5 Å². The van der Waals surface area contributed by atoms with Gasteiger partial charge in [-0.2, -0.15) is 28.1 Å². The minimum Gasteiger partial charge on any atom is -0.741 e. The van der Waals surface area contributed by atoms with E-state index in [1.807, 2.05) is 0 Å². The van der Waals surface area contributed by atoms with Crippen molar-refractivity contribution in [3.63, 3.8) is 0 Å². The van der Waals surface area contributed by atoms with E-state index >= 15 is 0 Å². The average molecular weight is 684 g/mol. The van der Waals surface area contributed by atoms with E-state index in [0.29, 0.717) is 5.95 Å². The Bertz CT molecular complexity index is 855. The minimum absolute atomic E-state index is 0.115. The van der Waals surface area contributed by atoms with Crippen molar-refractivity contribution in [1.29, 1.82) is 0 Å². The van der Waals surface area contributed by atoms with Crippen molar-refractivity contribution >= 4 is 28.0 Å². The highest BCUT2D eigenvalue weighted by molar-refractivity contribution is 7.86. The SMILES string of the molecule is CCC[NH+](CCC)CCC.COCN(CCO)c1nc(N(CCO)CCO)nc(N(COC)COC)n1.O=S(=O)([O-])C(F)(F)F. The number of nitrogens with zero attached hydrogens (tertiary/aromatic N) is 6. The minimum atomic E-state index is -6.09. The molecule has 0 spiro atoms. The number of halogens is 3. The quantitative estimate of drug-likeness (QED) is 0.0715. The van der Waals surface area contributed by atoms with Gasteiger partial charge in [0.2, 0.25) is 17.8 Å². The Morgan fingerprint density at radius 3 is 1.27 bits per heavy atom. The summed E-state index contributed by atoms with van der Waals surface area (Å²) in [6, 6.07) is 0. The maximum absolute atomic E-state index is 10.7. The highest BCUT2D eigenvalue weighted by Crippen LogP contribution is 2.21. The van der Waals surface area contributed by atoms with Crippen LogP contribution in [0.15, 0.2) is 0 Å². The number of quaternary nitrogens is 1. The second-order valence-electron chi connectivity index (χ2n) is 9.35. The zero-order valence-electron chi connectivity index (χ0n) is 27.1. The summed E-state index contributed by atoms with van der Waals surface area (Å²) in [4.78, 5) is 20.0. The highest BCUT2D eigenvalue weighted by atomic mass is 32.2. The van der Waals surface area contributed by atoms with Gasteiger partial charge < -0.3 is 48.8 Å². The molecule has 0 aliphatic rings. The van der Waals surface area contributed by atoms with Crippen LogP contribution in [-0.4, -0.2) is 149 Å². The number of hydrogen-bond donors (Lipinski definition) is 4. The largest absolute Gasteiger partial charge is 0.741 e. The highest BCUT2D eigenvalue weighted by Gasteiger charge is 2.37. The van der Waals surface area contributed by atoms with Crippen LogP contribution in [0.3, 0.4) is 0 Å². The van der Waals surface area contributed by atoms with Gasteiger partial charge in [-0.25, -0.2) is 8.42 Å². The summed E-state index contributed by atoms with van der Waals surface area (Å²) in [5, 5.41) is 27.9.